The largest absolute Gasteiger partial charge is 0.438 e. The summed E-state index contributed by atoms with van der Waals surface area (Å²) in [6, 6.07) is 7.72. The highest BCUT2D eigenvalue weighted by molar-refractivity contribution is 6.30. The molecule has 2 fully saturated rings. The minimum Gasteiger partial charge on any atom is -0.438 e. The minimum absolute atomic E-state index is 0.158. The van der Waals surface area contributed by atoms with Crippen LogP contribution in [0.15, 0.2) is 35.1 Å². The fourth-order valence-corrected chi connectivity index (χ4v) is 3.26. The molecule has 1 amide bonds. The summed E-state index contributed by atoms with van der Waals surface area (Å²) < 4.78 is 5.35. The normalized spacial score (nSPS) is 19.5. The number of carbonyl (C=O) groups is 1. The lowest BCUT2D eigenvalue weighted by Gasteiger charge is -2.43. The molecule has 0 radical (unpaired) electrons. The number of oxazole rings is 1. The van der Waals surface area contributed by atoms with Crippen molar-refractivity contribution < 1.29 is 9.21 Å². The van der Waals surface area contributed by atoms with Crippen LogP contribution in [0.25, 0.3) is 0 Å². The molecule has 2 aromatic rings. The lowest BCUT2D eigenvalue weighted by molar-refractivity contribution is 0.0793. The van der Waals surface area contributed by atoms with E-state index in [9.17, 15) is 4.79 Å². The van der Waals surface area contributed by atoms with Gasteiger partial charge in [-0.05, 0) is 49.8 Å². The van der Waals surface area contributed by atoms with Crippen LogP contribution in [0, 0.1) is 0 Å². The van der Waals surface area contributed by atoms with Gasteiger partial charge in [0.15, 0.2) is 6.39 Å². The van der Waals surface area contributed by atoms with Crippen LogP contribution < -0.4 is 5.32 Å². The first-order chi connectivity index (χ1) is 10.7. The van der Waals surface area contributed by atoms with Gasteiger partial charge >= 0.3 is 0 Å². The third-order valence-electron chi connectivity index (χ3n) is 4.72. The van der Waals surface area contributed by atoms with Gasteiger partial charge in [0.05, 0.1) is 11.2 Å². The van der Waals surface area contributed by atoms with Crippen LogP contribution in [-0.4, -0.2) is 10.9 Å². The molecule has 2 saturated carbocycles. The Kier molecular flexibility index (Phi) is 3.22. The van der Waals surface area contributed by atoms with Crippen molar-refractivity contribution >= 4 is 17.5 Å². The standard InChI is InChI=1S/C17H17ClN2O2/c18-13-6-4-12(5-7-13)17(8-1-9-17)20-16(21)15-14(11-2-3-11)19-10-22-15/h4-7,10-11H,1-3,8-9H2,(H,20,21). The molecule has 5 heteroatoms. The molecule has 0 spiro atoms. The Labute approximate surface area is 133 Å². The smallest absolute Gasteiger partial charge is 0.289 e. The van der Waals surface area contributed by atoms with Crippen molar-refractivity contribution in [2.24, 2.45) is 0 Å². The lowest BCUT2D eigenvalue weighted by Crippen LogP contribution is -2.50. The Morgan fingerprint density at radius 3 is 2.59 bits per heavy atom. The van der Waals surface area contributed by atoms with Crippen LogP contribution in [-0.2, 0) is 5.54 Å². The third-order valence-corrected chi connectivity index (χ3v) is 4.97. The molecule has 1 aromatic heterocycles. The predicted molar refractivity (Wildman–Crippen MR) is 82.9 cm³/mol. The van der Waals surface area contributed by atoms with Crippen LogP contribution in [0.2, 0.25) is 5.02 Å². The molecule has 1 N–H and O–H groups in total. The van der Waals surface area contributed by atoms with Crippen LogP contribution in [0.1, 0.15) is 59.8 Å². The summed E-state index contributed by atoms with van der Waals surface area (Å²) in [6.45, 7) is 0. The second-order valence-corrected chi connectivity index (χ2v) is 6.67. The number of rotatable bonds is 4. The number of amides is 1. The molecule has 0 unspecified atom stereocenters. The van der Waals surface area contributed by atoms with Gasteiger partial charge in [-0.25, -0.2) is 4.98 Å². The number of benzene rings is 1. The molecule has 2 aliphatic carbocycles. The molecular formula is C17H17ClN2O2. The Morgan fingerprint density at radius 2 is 2.00 bits per heavy atom. The second-order valence-electron chi connectivity index (χ2n) is 6.24. The van der Waals surface area contributed by atoms with Gasteiger partial charge < -0.3 is 9.73 Å². The molecule has 0 saturated heterocycles. The van der Waals surface area contributed by atoms with Crippen molar-refractivity contribution in [3.63, 3.8) is 0 Å². The summed E-state index contributed by atoms with van der Waals surface area (Å²) in [5, 5.41) is 3.88. The fraction of sp³-hybridized carbons (Fsp3) is 0.412. The van der Waals surface area contributed by atoms with Crippen molar-refractivity contribution in [1.29, 1.82) is 0 Å². The number of hydrogen-bond donors (Lipinski definition) is 1. The summed E-state index contributed by atoms with van der Waals surface area (Å²) in [5.74, 6) is 0.615. The molecule has 114 valence electrons. The van der Waals surface area contributed by atoms with E-state index >= 15 is 0 Å². The third kappa shape index (κ3) is 2.31. The second kappa shape index (κ2) is 5.13. The van der Waals surface area contributed by atoms with Gasteiger partial charge in [-0.3, -0.25) is 4.79 Å². The van der Waals surface area contributed by atoms with E-state index in [2.05, 4.69) is 10.3 Å². The predicted octanol–water partition coefficient (Wildman–Crippen LogP) is 4.01. The van der Waals surface area contributed by atoms with Crippen LogP contribution >= 0.6 is 11.6 Å². The van der Waals surface area contributed by atoms with Crippen molar-refractivity contribution in [1.82, 2.24) is 10.3 Å². The number of aromatic nitrogens is 1. The summed E-state index contributed by atoms with van der Waals surface area (Å²) in [5.41, 5.74) is 1.61. The van der Waals surface area contributed by atoms with Crippen molar-refractivity contribution in [2.45, 2.75) is 43.6 Å². The van der Waals surface area contributed by atoms with Gasteiger partial charge in [0.2, 0.25) is 5.76 Å². The highest BCUT2D eigenvalue weighted by Crippen LogP contribution is 2.43. The Hall–Kier alpha value is -1.81. The molecule has 1 aromatic carbocycles. The molecule has 2 aliphatic rings. The Morgan fingerprint density at radius 1 is 1.27 bits per heavy atom. The van der Waals surface area contributed by atoms with E-state index in [0.717, 1.165) is 43.4 Å². The molecule has 4 nitrogen and oxygen atoms in total. The fourth-order valence-electron chi connectivity index (χ4n) is 3.13. The zero-order chi connectivity index (χ0) is 15.2. The van der Waals surface area contributed by atoms with Gasteiger partial charge in [0.1, 0.15) is 0 Å². The first-order valence-corrected chi connectivity index (χ1v) is 8.08. The number of nitrogens with one attached hydrogen (secondary N) is 1. The average molecular weight is 317 g/mol. The maximum atomic E-state index is 12.6. The molecule has 0 aliphatic heterocycles. The number of nitrogens with zero attached hydrogens (tertiary/aromatic N) is 1. The first kappa shape index (κ1) is 13.8. The van der Waals surface area contributed by atoms with Crippen molar-refractivity contribution in [3.05, 3.63) is 52.7 Å². The molecule has 1 heterocycles. The molecular weight excluding hydrogens is 300 g/mol. The maximum Gasteiger partial charge on any atom is 0.289 e. The maximum absolute atomic E-state index is 12.6. The molecule has 22 heavy (non-hydrogen) atoms. The quantitative estimate of drug-likeness (QED) is 0.927. The lowest BCUT2D eigenvalue weighted by atomic mass is 9.71. The van der Waals surface area contributed by atoms with Crippen molar-refractivity contribution in [2.75, 3.05) is 0 Å². The highest BCUT2D eigenvalue weighted by atomic mass is 35.5. The van der Waals surface area contributed by atoms with E-state index in [1.54, 1.807) is 0 Å². The molecule has 0 bridgehead atoms. The van der Waals surface area contributed by atoms with Crippen molar-refractivity contribution in [3.8, 4) is 0 Å². The topological polar surface area (TPSA) is 55.1 Å². The van der Waals surface area contributed by atoms with E-state index < -0.39 is 0 Å². The SMILES string of the molecule is O=C(NC1(c2ccc(Cl)cc2)CCC1)c1ocnc1C1CC1. The van der Waals surface area contributed by atoms with Gasteiger partial charge in [0.25, 0.3) is 5.91 Å². The van der Waals surface area contributed by atoms with E-state index in [-0.39, 0.29) is 11.4 Å². The van der Waals surface area contributed by atoms with E-state index in [4.69, 9.17) is 16.0 Å². The van der Waals surface area contributed by atoms with E-state index in [1.165, 1.54) is 6.39 Å². The zero-order valence-electron chi connectivity index (χ0n) is 12.1. The van der Waals surface area contributed by atoms with Crippen LogP contribution in [0.4, 0.5) is 0 Å². The summed E-state index contributed by atoms with van der Waals surface area (Å²) in [7, 11) is 0. The van der Waals surface area contributed by atoms with Crippen LogP contribution in [0.3, 0.4) is 0 Å². The zero-order valence-corrected chi connectivity index (χ0v) is 12.9. The summed E-state index contributed by atoms with van der Waals surface area (Å²) >= 11 is 5.96. The highest BCUT2D eigenvalue weighted by Gasteiger charge is 2.42. The molecule has 0 atom stereocenters. The summed E-state index contributed by atoms with van der Waals surface area (Å²) in [6.07, 6.45) is 6.54. The number of hydrogen-bond acceptors (Lipinski definition) is 3. The van der Waals surface area contributed by atoms with E-state index in [1.807, 2.05) is 24.3 Å². The van der Waals surface area contributed by atoms with Gasteiger partial charge in [-0.15, -0.1) is 0 Å². The monoisotopic (exact) mass is 316 g/mol. The Bertz CT molecular complexity index is 700. The minimum atomic E-state index is -0.296. The van der Waals surface area contributed by atoms with Crippen LogP contribution in [0.5, 0.6) is 0 Å². The molecule has 4 rings (SSSR count). The summed E-state index contributed by atoms with van der Waals surface area (Å²) in [4.78, 5) is 16.8. The Balaban J connectivity index is 1.59. The number of halogens is 1. The van der Waals surface area contributed by atoms with Gasteiger partial charge in [-0.2, -0.15) is 0 Å². The number of carbonyl (C=O) groups excluding carboxylic acids is 1. The average Bonchev–Trinajstić information content (AvgIpc) is 3.21. The first-order valence-electron chi connectivity index (χ1n) is 7.70. The van der Waals surface area contributed by atoms with Gasteiger partial charge in [0, 0.05) is 10.9 Å². The van der Waals surface area contributed by atoms with Gasteiger partial charge in [-0.1, -0.05) is 23.7 Å². The van der Waals surface area contributed by atoms with E-state index in [0.29, 0.717) is 16.7 Å².